The van der Waals surface area contributed by atoms with Crippen LogP contribution in [0.1, 0.15) is 83.1 Å². The predicted octanol–water partition coefficient (Wildman–Crippen LogP) is 6.97. The molecular formula is C24H31ClN2O2. The first-order valence-electron chi connectivity index (χ1n) is 10.9. The van der Waals surface area contributed by atoms with Gasteiger partial charge in [-0.05, 0) is 61.3 Å². The maximum atomic E-state index is 11.5. The fourth-order valence-corrected chi connectivity index (χ4v) is 4.30. The van der Waals surface area contributed by atoms with Crippen LogP contribution >= 0.6 is 11.6 Å². The standard InChI is InChI=1S/C24H31ClN2O2/c1-3-5-6-7-17-8-10-18(11-9-17)20-15-26-24(27-16-20)19-12-13-22(21(25)14-19)29-23(28)4-2/h12-18H,3-11H2,1-2H3/t17-,18-. The molecule has 29 heavy (non-hydrogen) atoms. The van der Waals surface area contributed by atoms with Gasteiger partial charge < -0.3 is 4.74 Å². The summed E-state index contributed by atoms with van der Waals surface area (Å²) < 4.78 is 5.21. The number of rotatable bonds is 8. The van der Waals surface area contributed by atoms with Crippen molar-refractivity contribution in [1.82, 2.24) is 9.97 Å². The molecule has 1 aliphatic rings. The number of carbonyl (C=O) groups excluding carboxylic acids is 1. The molecule has 1 saturated carbocycles. The Balaban J connectivity index is 1.59. The number of hydrogen-bond donors (Lipinski definition) is 0. The summed E-state index contributed by atoms with van der Waals surface area (Å²) in [6.45, 7) is 4.02. The predicted molar refractivity (Wildman–Crippen MR) is 117 cm³/mol. The van der Waals surface area contributed by atoms with Crippen molar-refractivity contribution in [2.24, 2.45) is 5.92 Å². The van der Waals surface area contributed by atoms with Gasteiger partial charge in [-0.15, -0.1) is 0 Å². The van der Waals surface area contributed by atoms with Crippen LogP contribution in [0.15, 0.2) is 30.6 Å². The van der Waals surface area contributed by atoms with E-state index in [1.54, 1.807) is 19.1 Å². The van der Waals surface area contributed by atoms with Crippen molar-refractivity contribution in [3.05, 3.63) is 41.2 Å². The van der Waals surface area contributed by atoms with Gasteiger partial charge in [0.1, 0.15) is 5.75 Å². The molecule has 0 saturated heterocycles. The minimum absolute atomic E-state index is 0.305. The normalized spacial score (nSPS) is 19.1. The van der Waals surface area contributed by atoms with Crippen LogP contribution in [0.4, 0.5) is 0 Å². The summed E-state index contributed by atoms with van der Waals surface area (Å²) in [5, 5.41) is 0.387. The number of hydrogen-bond acceptors (Lipinski definition) is 4. The summed E-state index contributed by atoms with van der Waals surface area (Å²) in [4.78, 5) is 20.6. The highest BCUT2D eigenvalue weighted by Gasteiger charge is 2.22. The number of aromatic nitrogens is 2. The Bertz CT molecular complexity index is 799. The summed E-state index contributed by atoms with van der Waals surface area (Å²) in [6.07, 6.45) is 14.8. The number of carbonyl (C=O) groups is 1. The maximum absolute atomic E-state index is 11.5. The van der Waals surface area contributed by atoms with E-state index in [0.29, 0.717) is 28.9 Å². The second-order valence-corrected chi connectivity index (χ2v) is 8.43. The zero-order chi connectivity index (χ0) is 20.6. The van der Waals surface area contributed by atoms with E-state index >= 15 is 0 Å². The van der Waals surface area contributed by atoms with E-state index in [1.165, 1.54) is 56.9 Å². The molecule has 0 bridgehead atoms. The van der Waals surface area contributed by atoms with Crippen LogP contribution in [-0.2, 0) is 4.79 Å². The average Bonchev–Trinajstić information content (AvgIpc) is 2.76. The Hall–Kier alpha value is -1.94. The third-order valence-electron chi connectivity index (χ3n) is 5.91. The summed E-state index contributed by atoms with van der Waals surface area (Å²) in [6, 6.07) is 5.28. The maximum Gasteiger partial charge on any atom is 0.310 e. The van der Waals surface area contributed by atoms with E-state index in [0.717, 1.165) is 11.5 Å². The first kappa shape index (κ1) is 21.8. The minimum Gasteiger partial charge on any atom is -0.425 e. The molecule has 1 heterocycles. The molecule has 0 aliphatic heterocycles. The molecule has 0 N–H and O–H groups in total. The molecule has 0 amide bonds. The highest BCUT2D eigenvalue weighted by molar-refractivity contribution is 6.32. The van der Waals surface area contributed by atoms with E-state index in [2.05, 4.69) is 16.9 Å². The molecule has 0 radical (unpaired) electrons. The number of ether oxygens (including phenoxy) is 1. The Morgan fingerprint density at radius 2 is 1.83 bits per heavy atom. The minimum atomic E-state index is -0.305. The van der Waals surface area contributed by atoms with Crippen molar-refractivity contribution < 1.29 is 9.53 Å². The molecule has 1 fully saturated rings. The summed E-state index contributed by atoms with van der Waals surface area (Å²) in [5.74, 6) is 2.18. The lowest BCUT2D eigenvalue weighted by molar-refractivity contribution is -0.134. The fourth-order valence-electron chi connectivity index (χ4n) is 4.08. The molecule has 4 nitrogen and oxygen atoms in total. The molecule has 5 heteroatoms. The average molecular weight is 415 g/mol. The number of benzene rings is 1. The molecule has 0 atom stereocenters. The van der Waals surface area contributed by atoms with Gasteiger partial charge in [0, 0.05) is 24.4 Å². The lowest BCUT2D eigenvalue weighted by Gasteiger charge is -2.28. The van der Waals surface area contributed by atoms with E-state index in [9.17, 15) is 4.79 Å². The summed E-state index contributed by atoms with van der Waals surface area (Å²) >= 11 is 6.26. The van der Waals surface area contributed by atoms with Gasteiger partial charge in [0.2, 0.25) is 0 Å². The van der Waals surface area contributed by atoms with E-state index in [-0.39, 0.29) is 5.97 Å². The van der Waals surface area contributed by atoms with Gasteiger partial charge in [-0.2, -0.15) is 0 Å². The zero-order valence-corrected chi connectivity index (χ0v) is 18.3. The highest BCUT2D eigenvalue weighted by atomic mass is 35.5. The van der Waals surface area contributed by atoms with Crippen molar-refractivity contribution in [1.29, 1.82) is 0 Å². The number of nitrogens with zero attached hydrogens (tertiary/aromatic N) is 2. The molecule has 1 aromatic carbocycles. The largest absolute Gasteiger partial charge is 0.425 e. The van der Waals surface area contributed by atoms with E-state index in [1.807, 2.05) is 18.5 Å². The van der Waals surface area contributed by atoms with Crippen LogP contribution in [-0.4, -0.2) is 15.9 Å². The molecule has 0 unspecified atom stereocenters. The van der Waals surface area contributed by atoms with Crippen LogP contribution in [0.2, 0.25) is 5.02 Å². The zero-order valence-electron chi connectivity index (χ0n) is 17.5. The van der Waals surface area contributed by atoms with E-state index in [4.69, 9.17) is 16.3 Å². The van der Waals surface area contributed by atoms with Gasteiger partial charge in [-0.25, -0.2) is 9.97 Å². The number of halogens is 1. The second-order valence-electron chi connectivity index (χ2n) is 8.03. The molecule has 2 aromatic rings. The molecule has 0 spiro atoms. The Morgan fingerprint density at radius 1 is 1.10 bits per heavy atom. The summed E-state index contributed by atoms with van der Waals surface area (Å²) in [7, 11) is 0. The van der Waals surface area contributed by atoms with Gasteiger partial charge in [-0.3, -0.25) is 4.79 Å². The van der Waals surface area contributed by atoms with Crippen LogP contribution < -0.4 is 4.74 Å². The van der Waals surface area contributed by atoms with Crippen LogP contribution in [0.25, 0.3) is 11.4 Å². The number of unbranched alkanes of at least 4 members (excludes halogenated alkanes) is 2. The first-order valence-corrected chi connectivity index (χ1v) is 11.3. The Labute approximate surface area is 179 Å². The van der Waals surface area contributed by atoms with Gasteiger partial charge in [-0.1, -0.05) is 51.1 Å². The monoisotopic (exact) mass is 414 g/mol. The summed E-state index contributed by atoms with van der Waals surface area (Å²) in [5.41, 5.74) is 2.05. The molecule has 1 aliphatic carbocycles. The first-order chi connectivity index (χ1) is 14.1. The van der Waals surface area contributed by atoms with Crippen LogP contribution in [0, 0.1) is 5.92 Å². The smallest absolute Gasteiger partial charge is 0.310 e. The lowest BCUT2D eigenvalue weighted by atomic mass is 9.77. The van der Waals surface area contributed by atoms with Gasteiger partial charge in [0.05, 0.1) is 5.02 Å². The van der Waals surface area contributed by atoms with Crippen molar-refractivity contribution >= 4 is 17.6 Å². The number of esters is 1. The van der Waals surface area contributed by atoms with Gasteiger partial charge in [0.25, 0.3) is 0 Å². The van der Waals surface area contributed by atoms with Gasteiger partial charge in [0.15, 0.2) is 5.82 Å². The Kier molecular flexibility index (Phi) is 8.05. The lowest BCUT2D eigenvalue weighted by Crippen LogP contribution is -2.14. The molecule has 3 rings (SSSR count). The van der Waals surface area contributed by atoms with Crippen molar-refractivity contribution in [2.75, 3.05) is 0 Å². The van der Waals surface area contributed by atoms with Crippen molar-refractivity contribution in [3.8, 4) is 17.1 Å². The molecule has 1 aromatic heterocycles. The fraction of sp³-hybridized carbons (Fsp3) is 0.542. The van der Waals surface area contributed by atoms with Crippen molar-refractivity contribution in [3.63, 3.8) is 0 Å². The molecule has 156 valence electrons. The molecular weight excluding hydrogens is 384 g/mol. The topological polar surface area (TPSA) is 52.1 Å². The van der Waals surface area contributed by atoms with Crippen molar-refractivity contribution in [2.45, 2.75) is 77.6 Å². The van der Waals surface area contributed by atoms with Crippen LogP contribution in [0.5, 0.6) is 5.75 Å². The quantitative estimate of drug-likeness (QED) is 0.266. The van der Waals surface area contributed by atoms with E-state index < -0.39 is 0 Å². The van der Waals surface area contributed by atoms with Gasteiger partial charge >= 0.3 is 5.97 Å². The third-order valence-corrected chi connectivity index (χ3v) is 6.20. The second kappa shape index (κ2) is 10.7. The SMILES string of the molecule is CCCCC[C@H]1CC[C@H](c2cnc(-c3ccc(OC(=O)CC)c(Cl)c3)nc2)CC1. The Morgan fingerprint density at radius 3 is 2.45 bits per heavy atom. The highest BCUT2D eigenvalue weighted by Crippen LogP contribution is 2.37. The third kappa shape index (κ3) is 6.02. The van der Waals surface area contributed by atoms with Crippen LogP contribution in [0.3, 0.4) is 0 Å².